The molecule has 2 aromatic rings. The second kappa shape index (κ2) is 5.80. The zero-order valence-corrected chi connectivity index (χ0v) is 13.0. The minimum atomic E-state index is 0.686. The largest absolute Gasteiger partial charge is 0.493 e. The summed E-state index contributed by atoms with van der Waals surface area (Å²) in [7, 11) is 3.65. The molecule has 1 aromatic carbocycles. The summed E-state index contributed by atoms with van der Waals surface area (Å²) in [6.07, 6.45) is 4.33. The Hall–Kier alpha value is -1.97. The summed E-state index contributed by atoms with van der Waals surface area (Å²) in [5.41, 5.74) is 4.74. The van der Waals surface area contributed by atoms with Crippen LogP contribution in [0.15, 0.2) is 12.1 Å². The van der Waals surface area contributed by atoms with Crippen LogP contribution in [0.2, 0.25) is 0 Å². The Balaban J connectivity index is 2.19. The molecule has 0 unspecified atom stereocenters. The van der Waals surface area contributed by atoms with E-state index in [9.17, 15) is 0 Å². The summed E-state index contributed by atoms with van der Waals surface area (Å²) in [6.45, 7) is 2.78. The molecular formula is C17H22N2O2. The van der Waals surface area contributed by atoms with Crippen molar-refractivity contribution in [3.05, 3.63) is 23.4 Å². The molecule has 0 bridgehead atoms. The zero-order valence-electron chi connectivity index (χ0n) is 13.0. The second-order valence-electron chi connectivity index (χ2n) is 5.38. The van der Waals surface area contributed by atoms with Gasteiger partial charge in [0.2, 0.25) is 0 Å². The zero-order chi connectivity index (χ0) is 14.8. The van der Waals surface area contributed by atoms with Crippen LogP contribution in [0.4, 0.5) is 5.69 Å². The highest BCUT2D eigenvalue weighted by Crippen LogP contribution is 2.39. The number of methoxy groups -OCH3 is 1. The summed E-state index contributed by atoms with van der Waals surface area (Å²) >= 11 is 0. The highest BCUT2D eigenvalue weighted by molar-refractivity contribution is 5.95. The van der Waals surface area contributed by atoms with Gasteiger partial charge < -0.3 is 14.8 Å². The van der Waals surface area contributed by atoms with Crippen molar-refractivity contribution in [3.8, 4) is 11.5 Å². The molecule has 0 radical (unpaired) electrons. The van der Waals surface area contributed by atoms with Crippen molar-refractivity contribution in [2.24, 2.45) is 0 Å². The maximum Gasteiger partial charge on any atom is 0.163 e. The number of hydrogen-bond acceptors (Lipinski definition) is 4. The molecule has 21 heavy (non-hydrogen) atoms. The Kier molecular flexibility index (Phi) is 3.86. The Labute approximate surface area is 125 Å². The Morgan fingerprint density at radius 3 is 2.81 bits per heavy atom. The summed E-state index contributed by atoms with van der Waals surface area (Å²) in [6, 6.07) is 4.04. The lowest BCUT2D eigenvalue weighted by Gasteiger charge is -2.15. The van der Waals surface area contributed by atoms with Gasteiger partial charge in [-0.2, -0.15) is 0 Å². The van der Waals surface area contributed by atoms with E-state index in [1.807, 2.05) is 19.2 Å². The van der Waals surface area contributed by atoms with E-state index in [0.29, 0.717) is 6.61 Å². The number of hydrogen-bond donors (Lipinski definition) is 1. The molecule has 1 aliphatic carbocycles. The lowest BCUT2D eigenvalue weighted by molar-refractivity contribution is 0.295. The molecule has 0 saturated carbocycles. The molecule has 1 heterocycles. The fraction of sp³-hybridized carbons (Fsp3) is 0.471. The third-order valence-electron chi connectivity index (χ3n) is 4.01. The van der Waals surface area contributed by atoms with E-state index in [4.69, 9.17) is 14.5 Å². The maximum atomic E-state index is 5.79. The van der Waals surface area contributed by atoms with Crippen LogP contribution in [0.3, 0.4) is 0 Å². The first-order chi connectivity index (χ1) is 10.3. The van der Waals surface area contributed by atoms with E-state index in [1.54, 1.807) is 7.11 Å². The first-order valence-electron chi connectivity index (χ1n) is 7.62. The number of nitrogens with one attached hydrogen (secondary N) is 1. The van der Waals surface area contributed by atoms with Crippen molar-refractivity contribution >= 4 is 16.6 Å². The highest BCUT2D eigenvalue weighted by Gasteiger charge is 2.20. The van der Waals surface area contributed by atoms with Crippen molar-refractivity contribution in [3.63, 3.8) is 0 Å². The van der Waals surface area contributed by atoms with Crippen LogP contribution < -0.4 is 14.8 Å². The molecular weight excluding hydrogens is 264 g/mol. The van der Waals surface area contributed by atoms with Gasteiger partial charge in [0, 0.05) is 29.9 Å². The SMILES string of the molecule is CCCOc1cc2nc3c(c(NC)c2cc1OC)CCC3. The number of fused-ring (bicyclic) bond motifs is 2. The molecule has 0 saturated heterocycles. The van der Waals surface area contributed by atoms with Crippen LogP contribution in [0, 0.1) is 0 Å². The quantitative estimate of drug-likeness (QED) is 0.912. The van der Waals surface area contributed by atoms with Crippen molar-refractivity contribution in [2.45, 2.75) is 32.6 Å². The second-order valence-corrected chi connectivity index (χ2v) is 5.38. The van der Waals surface area contributed by atoms with Crippen LogP contribution in [0.5, 0.6) is 11.5 Å². The van der Waals surface area contributed by atoms with Crippen molar-refractivity contribution in [2.75, 3.05) is 26.1 Å². The fourth-order valence-corrected chi connectivity index (χ4v) is 3.04. The smallest absolute Gasteiger partial charge is 0.163 e. The molecule has 4 nitrogen and oxygen atoms in total. The first kappa shape index (κ1) is 14.0. The van der Waals surface area contributed by atoms with Gasteiger partial charge in [0.1, 0.15) is 0 Å². The van der Waals surface area contributed by atoms with E-state index < -0.39 is 0 Å². The van der Waals surface area contributed by atoms with E-state index in [-0.39, 0.29) is 0 Å². The lowest BCUT2D eigenvalue weighted by atomic mass is 10.1. The molecule has 0 spiro atoms. The van der Waals surface area contributed by atoms with Crippen molar-refractivity contribution < 1.29 is 9.47 Å². The molecule has 0 atom stereocenters. The van der Waals surface area contributed by atoms with E-state index in [0.717, 1.165) is 41.7 Å². The van der Waals surface area contributed by atoms with Crippen LogP contribution in [-0.4, -0.2) is 25.7 Å². The predicted molar refractivity (Wildman–Crippen MR) is 85.7 cm³/mol. The Morgan fingerprint density at radius 1 is 1.24 bits per heavy atom. The van der Waals surface area contributed by atoms with Gasteiger partial charge in [0.05, 0.1) is 19.2 Å². The molecule has 3 rings (SSSR count). The molecule has 1 aromatic heterocycles. The number of ether oxygens (including phenoxy) is 2. The summed E-state index contributed by atoms with van der Waals surface area (Å²) in [5.74, 6) is 1.55. The van der Waals surface area contributed by atoms with Crippen molar-refractivity contribution in [1.29, 1.82) is 0 Å². The van der Waals surface area contributed by atoms with Gasteiger partial charge in [0.15, 0.2) is 11.5 Å². The minimum Gasteiger partial charge on any atom is -0.493 e. The third-order valence-corrected chi connectivity index (χ3v) is 4.01. The molecule has 0 amide bonds. The molecule has 1 aliphatic rings. The lowest BCUT2D eigenvalue weighted by Crippen LogP contribution is -2.02. The van der Waals surface area contributed by atoms with Crippen LogP contribution in [0.1, 0.15) is 31.0 Å². The molecule has 4 heteroatoms. The third kappa shape index (κ3) is 2.39. The first-order valence-corrected chi connectivity index (χ1v) is 7.62. The van der Waals surface area contributed by atoms with Gasteiger partial charge >= 0.3 is 0 Å². The fourth-order valence-electron chi connectivity index (χ4n) is 3.04. The Morgan fingerprint density at radius 2 is 2.10 bits per heavy atom. The normalized spacial score (nSPS) is 13.3. The number of anilines is 1. The number of benzene rings is 1. The van der Waals surface area contributed by atoms with E-state index >= 15 is 0 Å². The van der Waals surface area contributed by atoms with Gasteiger partial charge in [-0.3, -0.25) is 4.98 Å². The molecule has 1 N–H and O–H groups in total. The monoisotopic (exact) mass is 286 g/mol. The summed E-state index contributed by atoms with van der Waals surface area (Å²) in [4.78, 5) is 4.83. The van der Waals surface area contributed by atoms with Crippen LogP contribution in [-0.2, 0) is 12.8 Å². The average molecular weight is 286 g/mol. The van der Waals surface area contributed by atoms with Crippen LogP contribution >= 0.6 is 0 Å². The topological polar surface area (TPSA) is 43.4 Å². The van der Waals surface area contributed by atoms with Crippen LogP contribution in [0.25, 0.3) is 10.9 Å². The molecule has 112 valence electrons. The number of aryl methyl sites for hydroxylation is 1. The van der Waals surface area contributed by atoms with E-state index in [2.05, 4.69) is 12.2 Å². The van der Waals surface area contributed by atoms with Gasteiger partial charge in [-0.25, -0.2) is 0 Å². The van der Waals surface area contributed by atoms with Gasteiger partial charge in [0.25, 0.3) is 0 Å². The Bertz CT molecular complexity index is 668. The number of pyridine rings is 1. The number of nitrogens with zero attached hydrogens (tertiary/aromatic N) is 1. The van der Waals surface area contributed by atoms with Gasteiger partial charge in [-0.15, -0.1) is 0 Å². The minimum absolute atomic E-state index is 0.686. The number of aromatic nitrogens is 1. The van der Waals surface area contributed by atoms with Crippen molar-refractivity contribution in [1.82, 2.24) is 4.98 Å². The average Bonchev–Trinajstić information content (AvgIpc) is 2.97. The molecule has 0 aliphatic heterocycles. The van der Waals surface area contributed by atoms with E-state index in [1.165, 1.54) is 23.4 Å². The van der Waals surface area contributed by atoms with Gasteiger partial charge in [-0.1, -0.05) is 6.92 Å². The standard InChI is InChI=1S/C17H22N2O2/c1-4-8-21-16-10-14-12(9-15(16)20-3)17(18-2)11-6-5-7-13(11)19-14/h9-10H,4-8H2,1-3H3,(H,18,19). The number of rotatable bonds is 5. The summed E-state index contributed by atoms with van der Waals surface area (Å²) < 4.78 is 11.3. The predicted octanol–water partition coefficient (Wildman–Crippen LogP) is 3.56. The molecule has 0 fully saturated rings. The van der Waals surface area contributed by atoms with Gasteiger partial charge in [-0.05, 0) is 37.3 Å². The highest BCUT2D eigenvalue weighted by atomic mass is 16.5. The maximum absolute atomic E-state index is 5.79. The summed E-state index contributed by atoms with van der Waals surface area (Å²) in [5, 5.41) is 4.46.